The maximum atomic E-state index is 10.7. The van der Waals surface area contributed by atoms with Crippen LogP contribution in [0.1, 0.15) is 31.9 Å². The van der Waals surface area contributed by atoms with Gasteiger partial charge in [0.05, 0.1) is 13.2 Å². The standard InChI is InChI=1S/C22H31N3O2.HI/c1-4-23-21(25-17-22(3,26)19-12-7-6-8-13-19)24-16-15-18-11-9-10-14-20(18)27-5-2;/h6-14,26H,4-5,15-17H2,1-3H3,(H2,23,24,25);1H. The monoisotopic (exact) mass is 497 g/mol. The molecule has 2 aromatic carbocycles. The van der Waals surface area contributed by atoms with Gasteiger partial charge in [0, 0.05) is 13.1 Å². The van der Waals surface area contributed by atoms with E-state index < -0.39 is 5.60 Å². The third-order valence-corrected chi connectivity index (χ3v) is 4.24. The summed E-state index contributed by atoms with van der Waals surface area (Å²) in [4.78, 5) is 4.56. The lowest BCUT2D eigenvalue weighted by Gasteiger charge is -2.22. The highest BCUT2D eigenvalue weighted by Gasteiger charge is 2.22. The van der Waals surface area contributed by atoms with E-state index in [1.54, 1.807) is 6.92 Å². The minimum Gasteiger partial charge on any atom is -0.494 e. The fraction of sp³-hybridized carbons (Fsp3) is 0.409. The molecule has 0 aliphatic heterocycles. The molecule has 0 radical (unpaired) electrons. The number of benzene rings is 2. The topological polar surface area (TPSA) is 65.9 Å². The predicted molar refractivity (Wildman–Crippen MR) is 127 cm³/mol. The van der Waals surface area contributed by atoms with Crippen LogP contribution in [0.5, 0.6) is 5.75 Å². The van der Waals surface area contributed by atoms with E-state index >= 15 is 0 Å². The predicted octanol–water partition coefficient (Wildman–Crippen LogP) is 3.71. The van der Waals surface area contributed by atoms with E-state index in [1.807, 2.05) is 62.4 Å². The van der Waals surface area contributed by atoms with Crippen molar-refractivity contribution < 1.29 is 9.84 Å². The van der Waals surface area contributed by atoms with E-state index in [0.717, 1.165) is 30.8 Å². The van der Waals surface area contributed by atoms with E-state index in [4.69, 9.17) is 4.74 Å². The van der Waals surface area contributed by atoms with Crippen LogP contribution in [0.4, 0.5) is 0 Å². The lowest BCUT2D eigenvalue weighted by molar-refractivity contribution is 0.0672. The van der Waals surface area contributed by atoms with Crippen LogP contribution in [0.3, 0.4) is 0 Å². The number of ether oxygens (including phenoxy) is 1. The summed E-state index contributed by atoms with van der Waals surface area (Å²) in [6, 6.07) is 17.7. The van der Waals surface area contributed by atoms with Crippen LogP contribution in [0.15, 0.2) is 59.6 Å². The van der Waals surface area contributed by atoms with Gasteiger partial charge in [0.1, 0.15) is 11.4 Å². The molecule has 0 amide bonds. The van der Waals surface area contributed by atoms with Gasteiger partial charge < -0.3 is 20.5 Å². The van der Waals surface area contributed by atoms with Gasteiger partial charge in [-0.25, -0.2) is 4.99 Å². The molecule has 0 bridgehead atoms. The summed E-state index contributed by atoms with van der Waals surface area (Å²) < 4.78 is 5.68. The summed E-state index contributed by atoms with van der Waals surface area (Å²) in [6.07, 6.45) is 0.829. The smallest absolute Gasteiger partial charge is 0.191 e. The van der Waals surface area contributed by atoms with E-state index in [9.17, 15) is 5.11 Å². The van der Waals surface area contributed by atoms with Gasteiger partial charge in [-0.3, -0.25) is 0 Å². The zero-order valence-corrected chi connectivity index (χ0v) is 19.3. The molecule has 2 rings (SSSR count). The van der Waals surface area contributed by atoms with Crippen molar-refractivity contribution in [2.45, 2.75) is 32.8 Å². The molecule has 0 aromatic heterocycles. The van der Waals surface area contributed by atoms with Crippen molar-refractivity contribution >= 4 is 29.9 Å². The van der Waals surface area contributed by atoms with Gasteiger partial charge in [0.25, 0.3) is 0 Å². The first-order valence-corrected chi connectivity index (χ1v) is 9.57. The molecular weight excluding hydrogens is 465 g/mol. The molecule has 0 saturated carbocycles. The van der Waals surface area contributed by atoms with Gasteiger partial charge in [0.2, 0.25) is 0 Å². The number of aliphatic hydroxyl groups is 1. The molecule has 6 heteroatoms. The Balaban J connectivity index is 0.00000392. The van der Waals surface area contributed by atoms with Crippen molar-refractivity contribution in [2.24, 2.45) is 4.99 Å². The molecule has 3 N–H and O–H groups in total. The maximum Gasteiger partial charge on any atom is 0.191 e. The number of guanidine groups is 1. The molecule has 0 saturated heterocycles. The molecule has 0 heterocycles. The van der Waals surface area contributed by atoms with E-state index in [-0.39, 0.29) is 30.5 Å². The molecule has 1 unspecified atom stereocenters. The average molecular weight is 497 g/mol. The quantitative estimate of drug-likeness (QED) is 0.281. The Morgan fingerprint density at radius 2 is 1.71 bits per heavy atom. The average Bonchev–Trinajstić information content (AvgIpc) is 2.68. The van der Waals surface area contributed by atoms with Crippen molar-refractivity contribution in [3.63, 3.8) is 0 Å². The number of nitrogens with zero attached hydrogens (tertiary/aromatic N) is 1. The molecule has 2 aromatic rings. The molecule has 5 nitrogen and oxygen atoms in total. The number of para-hydroxylation sites is 1. The lowest BCUT2D eigenvalue weighted by atomic mass is 9.96. The van der Waals surface area contributed by atoms with Crippen LogP contribution < -0.4 is 15.4 Å². The van der Waals surface area contributed by atoms with Gasteiger partial charge in [-0.1, -0.05) is 48.5 Å². The fourth-order valence-electron chi connectivity index (χ4n) is 2.79. The first kappa shape index (κ1) is 24.2. The highest BCUT2D eigenvalue weighted by Crippen LogP contribution is 2.20. The Morgan fingerprint density at radius 1 is 1.04 bits per heavy atom. The van der Waals surface area contributed by atoms with Gasteiger partial charge in [0.15, 0.2) is 5.96 Å². The van der Waals surface area contributed by atoms with Crippen LogP contribution in [0.25, 0.3) is 0 Å². The second-order valence-corrected chi connectivity index (χ2v) is 6.55. The van der Waals surface area contributed by atoms with E-state index in [2.05, 4.69) is 21.7 Å². The summed E-state index contributed by atoms with van der Waals surface area (Å²) in [5, 5.41) is 17.3. The van der Waals surface area contributed by atoms with Crippen LogP contribution >= 0.6 is 24.0 Å². The van der Waals surface area contributed by atoms with Crippen molar-refractivity contribution in [3.05, 3.63) is 65.7 Å². The molecule has 0 aliphatic carbocycles. The maximum absolute atomic E-state index is 10.7. The molecule has 0 spiro atoms. The second kappa shape index (κ2) is 12.6. The summed E-state index contributed by atoms with van der Waals surface area (Å²) in [5.74, 6) is 1.62. The van der Waals surface area contributed by atoms with E-state index in [1.165, 1.54) is 5.56 Å². The number of halogens is 1. The zero-order valence-electron chi connectivity index (χ0n) is 16.9. The SMILES string of the molecule is CCNC(=NCC(C)(O)c1ccccc1)NCCc1ccccc1OCC.I. The van der Waals surface area contributed by atoms with Crippen LogP contribution in [0, 0.1) is 0 Å². The van der Waals surface area contributed by atoms with Crippen LogP contribution in [0.2, 0.25) is 0 Å². The minimum atomic E-state index is -1.01. The summed E-state index contributed by atoms with van der Waals surface area (Å²) >= 11 is 0. The first-order valence-electron chi connectivity index (χ1n) is 9.57. The Labute approximate surface area is 185 Å². The zero-order chi connectivity index (χ0) is 19.5. The third-order valence-electron chi connectivity index (χ3n) is 4.24. The minimum absolute atomic E-state index is 0. The van der Waals surface area contributed by atoms with Gasteiger partial charge in [-0.15, -0.1) is 24.0 Å². The number of rotatable bonds is 9. The molecule has 154 valence electrons. The van der Waals surface area contributed by atoms with Crippen molar-refractivity contribution in [2.75, 3.05) is 26.2 Å². The van der Waals surface area contributed by atoms with Crippen LogP contribution in [-0.2, 0) is 12.0 Å². The number of aliphatic imine (C=N–C) groups is 1. The lowest BCUT2D eigenvalue weighted by Crippen LogP contribution is -2.39. The van der Waals surface area contributed by atoms with Crippen molar-refractivity contribution in [3.8, 4) is 5.75 Å². The first-order chi connectivity index (χ1) is 13.1. The summed E-state index contributed by atoms with van der Waals surface area (Å²) in [5.41, 5.74) is 1.01. The molecule has 0 fully saturated rings. The molecule has 1 atom stereocenters. The molecule has 28 heavy (non-hydrogen) atoms. The Morgan fingerprint density at radius 3 is 2.39 bits per heavy atom. The number of hydrogen-bond acceptors (Lipinski definition) is 3. The second-order valence-electron chi connectivity index (χ2n) is 6.55. The van der Waals surface area contributed by atoms with Crippen molar-refractivity contribution in [1.29, 1.82) is 0 Å². The Bertz CT molecular complexity index is 721. The number of hydrogen-bond donors (Lipinski definition) is 3. The Kier molecular flexibility index (Phi) is 10.9. The summed E-state index contributed by atoms with van der Waals surface area (Å²) in [7, 11) is 0. The van der Waals surface area contributed by atoms with Crippen molar-refractivity contribution in [1.82, 2.24) is 10.6 Å². The third kappa shape index (κ3) is 7.67. The summed E-state index contributed by atoms with van der Waals surface area (Å²) in [6.45, 7) is 8.22. The largest absolute Gasteiger partial charge is 0.494 e. The highest BCUT2D eigenvalue weighted by molar-refractivity contribution is 14.0. The molecule has 0 aliphatic rings. The highest BCUT2D eigenvalue weighted by atomic mass is 127. The Hall–Kier alpha value is -1.80. The van der Waals surface area contributed by atoms with Gasteiger partial charge in [-0.05, 0) is 44.4 Å². The van der Waals surface area contributed by atoms with Crippen LogP contribution in [-0.4, -0.2) is 37.3 Å². The normalized spacial score (nSPS) is 13.2. The van der Waals surface area contributed by atoms with E-state index in [0.29, 0.717) is 12.6 Å². The molecular formula is C22H32IN3O2. The fourth-order valence-corrected chi connectivity index (χ4v) is 2.79. The number of nitrogens with one attached hydrogen (secondary N) is 2. The van der Waals surface area contributed by atoms with Gasteiger partial charge in [-0.2, -0.15) is 0 Å². The van der Waals surface area contributed by atoms with Gasteiger partial charge >= 0.3 is 0 Å².